The Balaban J connectivity index is 2.00. The van der Waals surface area contributed by atoms with E-state index in [9.17, 15) is 18.8 Å². The first-order valence-electron chi connectivity index (χ1n) is 7.60. The van der Waals surface area contributed by atoms with Gasteiger partial charge < -0.3 is 14.8 Å². The predicted octanol–water partition coefficient (Wildman–Crippen LogP) is 3.45. The average Bonchev–Trinajstić information content (AvgIpc) is 2.62. The lowest BCUT2D eigenvalue weighted by Gasteiger charge is -2.11. The summed E-state index contributed by atoms with van der Waals surface area (Å²) in [6.45, 7) is 1.18. The van der Waals surface area contributed by atoms with Gasteiger partial charge in [0, 0.05) is 5.02 Å². The van der Waals surface area contributed by atoms with Crippen LogP contribution in [-0.4, -0.2) is 31.1 Å². The van der Waals surface area contributed by atoms with Gasteiger partial charge in [0.15, 0.2) is 6.61 Å². The molecule has 0 aliphatic heterocycles. The maximum atomic E-state index is 13.6. The number of hydrogen-bond acceptors (Lipinski definition) is 5. The molecule has 0 unspecified atom stereocenters. The van der Waals surface area contributed by atoms with Crippen molar-refractivity contribution in [2.75, 3.05) is 18.5 Å². The Bertz CT molecular complexity index is 840. The van der Waals surface area contributed by atoms with E-state index in [1.54, 1.807) is 19.1 Å². The van der Waals surface area contributed by atoms with Crippen molar-refractivity contribution < 1.29 is 28.2 Å². The van der Waals surface area contributed by atoms with Crippen LogP contribution in [0.3, 0.4) is 0 Å². The third-order valence-electron chi connectivity index (χ3n) is 3.18. The summed E-state index contributed by atoms with van der Waals surface area (Å²) >= 11 is 5.71. The first-order valence-corrected chi connectivity index (χ1v) is 7.98. The van der Waals surface area contributed by atoms with Gasteiger partial charge in [0.05, 0.1) is 23.4 Å². The number of hydrogen-bond donors (Lipinski definition) is 1. The van der Waals surface area contributed by atoms with E-state index in [2.05, 4.69) is 5.32 Å². The highest BCUT2D eigenvalue weighted by atomic mass is 35.5. The molecule has 0 saturated carbocycles. The molecule has 0 saturated heterocycles. The van der Waals surface area contributed by atoms with Gasteiger partial charge in [-0.15, -0.1) is 0 Å². The zero-order chi connectivity index (χ0) is 19.1. The van der Waals surface area contributed by atoms with Gasteiger partial charge in [0.1, 0.15) is 5.82 Å². The summed E-state index contributed by atoms with van der Waals surface area (Å²) < 4.78 is 23.3. The van der Waals surface area contributed by atoms with Gasteiger partial charge in [-0.05, 0) is 37.3 Å². The van der Waals surface area contributed by atoms with Crippen LogP contribution >= 0.6 is 11.6 Å². The molecule has 0 fully saturated rings. The monoisotopic (exact) mass is 379 g/mol. The topological polar surface area (TPSA) is 81.7 Å². The summed E-state index contributed by atoms with van der Waals surface area (Å²) in [6, 6.07) is 9.63. The number of nitrogens with one attached hydrogen (secondary N) is 1. The number of halogens is 2. The Kier molecular flexibility index (Phi) is 6.68. The van der Waals surface area contributed by atoms with E-state index in [4.69, 9.17) is 21.1 Å². The standard InChI is InChI=1S/C18H15ClFNO5/c1-2-25-17(23)12-5-3-4-6-15(12)21-16(22)10-26-18(24)13-9-11(19)7-8-14(13)20/h3-9H,2,10H2,1H3,(H,21,22). The van der Waals surface area contributed by atoms with Crippen molar-refractivity contribution in [1.29, 1.82) is 0 Å². The molecule has 2 rings (SSSR count). The highest BCUT2D eigenvalue weighted by Crippen LogP contribution is 2.17. The Labute approximate surface area is 153 Å². The SMILES string of the molecule is CCOC(=O)c1ccccc1NC(=O)COC(=O)c1cc(Cl)ccc1F. The number of rotatable bonds is 6. The second-order valence-electron chi connectivity index (χ2n) is 5.01. The van der Waals surface area contributed by atoms with Crippen LogP contribution in [0.15, 0.2) is 42.5 Å². The molecule has 6 nitrogen and oxygen atoms in total. The van der Waals surface area contributed by atoms with Gasteiger partial charge in [-0.1, -0.05) is 23.7 Å². The molecule has 0 bridgehead atoms. The lowest BCUT2D eigenvalue weighted by atomic mass is 10.2. The maximum Gasteiger partial charge on any atom is 0.341 e. The van der Waals surface area contributed by atoms with E-state index in [0.717, 1.165) is 12.1 Å². The molecule has 0 heterocycles. The molecule has 1 amide bonds. The van der Waals surface area contributed by atoms with E-state index >= 15 is 0 Å². The van der Waals surface area contributed by atoms with Gasteiger partial charge in [-0.25, -0.2) is 14.0 Å². The lowest BCUT2D eigenvalue weighted by Crippen LogP contribution is -2.22. The van der Waals surface area contributed by atoms with Crippen molar-refractivity contribution in [3.8, 4) is 0 Å². The normalized spacial score (nSPS) is 10.1. The minimum atomic E-state index is -1.03. The first kappa shape index (κ1) is 19.4. The number of esters is 2. The zero-order valence-electron chi connectivity index (χ0n) is 13.8. The first-order chi connectivity index (χ1) is 12.4. The van der Waals surface area contributed by atoms with E-state index in [1.807, 2.05) is 0 Å². The summed E-state index contributed by atoms with van der Waals surface area (Å²) in [4.78, 5) is 35.7. The highest BCUT2D eigenvalue weighted by molar-refractivity contribution is 6.30. The number of para-hydroxylation sites is 1. The lowest BCUT2D eigenvalue weighted by molar-refractivity contribution is -0.119. The van der Waals surface area contributed by atoms with Gasteiger partial charge in [0.25, 0.3) is 5.91 Å². The van der Waals surface area contributed by atoms with Crippen molar-refractivity contribution in [3.63, 3.8) is 0 Å². The fourth-order valence-electron chi connectivity index (χ4n) is 2.03. The van der Waals surface area contributed by atoms with Crippen molar-refractivity contribution in [1.82, 2.24) is 0 Å². The number of carbonyl (C=O) groups is 3. The number of anilines is 1. The molecule has 0 radical (unpaired) electrons. The smallest absolute Gasteiger partial charge is 0.341 e. The van der Waals surface area contributed by atoms with Crippen LogP contribution in [0.25, 0.3) is 0 Å². The highest BCUT2D eigenvalue weighted by Gasteiger charge is 2.17. The van der Waals surface area contributed by atoms with Crippen LogP contribution in [0.2, 0.25) is 5.02 Å². The minimum absolute atomic E-state index is 0.158. The molecule has 0 spiro atoms. The van der Waals surface area contributed by atoms with Crippen LogP contribution in [0.1, 0.15) is 27.6 Å². The molecule has 1 N–H and O–H groups in total. The van der Waals surface area contributed by atoms with Crippen LogP contribution < -0.4 is 5.32 Å². The second kappa shape index (κ2) is 8.96. The van der Waals surface area contributed by atoms with Crippen molar-refractivity contribution in [2.24, 2.45) is 0 Å². The molecule has 0 atom stereocenters. The van der Waals surface area contributed by atoms with E-state index in [1.165, 1.54) is 18.2 Å². The van der Waals surface area contributed by atoms with Crippen LogP contribution in [0.5, 0.6) is 0 Å². The largest absolute Gasteiger partial charge is 0.462 e. The van der Waals surface area contributed by atoms with Gasteiger partial charge >= 0.3 is 11.9 Å². The molecule has 136 valence electrons. The van der Waals surface area contributed by atoms with Gasteiger partial charge in [-0.3, -0.25) is 4.79 Å². The zero-order valence-corrected chi connectivity index (χ0v) is 14.5. The maximum absolute atomic E-state index is 13.6. The quantitative estimate of drug-likeness (QED) is 0.777. The molecule has 8 heteroatoms. The van der Waals surface area contributed by atoms with E-state index in [-0.39, 0.29) is 28.4 Å². The van der Waals surface area contributed by atoms with Crippen molar-refractivity contribution >= 4 is 35.1 Å². The number of amides is 1. The number of benzene rings is 2. The summed E-state index contributed by atoms with van der Waals surface area (Å²) in [6.07, 6.45) is 0. The molecule has 2 aromatic rings. The molecule has 2 aromatic carbocycles. The molecule has 0 aromatic heterocycles. The van der Waals surface area contributed by atoms with Crippen molar-refractivity contribution in [3.05, 3.63) is 64.4 Å². The van der Waals surface area contributed by atoms with E-state index in [0.29, 0.717) is 0 Å². The van der Waals surface area contributed by atoms with Gasteiger partial charge in [-0.2, -0.15) is 0 Å². The fraction of sp³-hybridized carbons (Fsp3) is 0.167. The van der Waals surface area contributed by atoms with Crippen LogP contribution in [-0.2, 0) is 14.3 Å². The Morgan fingerprint density at radius 1 is 1.04 bits per heavy atom. The summed E-state index contributed by atoms with van der Waals surface area (Å²) in [5.74, 6) is -3.13. The molecular weight excluding hydrogens is 365 g/mol. The van der Waals surface area contributed by atoms with Crippen LogP contribution in [0.4, 0.5) is 10.1 Å². The minimum Gasteiger partial charge on any atom is -0.462 e. The Hall–Kier alpha value is -2.93. The average molecular weight is 380 g/mol. The molecule has 26 heavy (non-hydrogen) atoms. The molecule has 0 aliphatic carbocycles. The van der Waals surface area contributed by atoms with Crippen LogP contribution in [0, 0.1) is 5.82 Å². The third kappa shape index (κ3) is 5.03. The number of carbonyl (C=O) groups excluding carboxylic acids is 3. The van der Waals surface area contributed by atoms with Gasteiger partial charge in [0.2, 0.25) is 0 Å². The Morgan fingerprint density at radius 2 is 1.73 bits per heavy atom. The third-order valence-corrected chi connectivity index (χ3v) is 3.41. The Morgan fingerprint density at radius 3 is 2.46 bits per heavy atom. The molecular formula is C18H15ClFNO5. The molecule has 0 aliphatic rings. The van der Waals surface area contributed by atoms with Crippen molar-refractivity contribution in [2.45, 2.75) is 6.92 Å². The number of ether oxygens (including phenoxy) is 2. The van der Waals surface area contributed by atoms with E-state index < -0.39 is 30.3 Å². The summed E-state index contributed by atoms with van der Waals surface area (Å²) in [7, 11) is 0. The predicted molar refractivity (Wildman–Crippen MR) is 92.7 cm³/mol. The fourth-order valence-corrected chi connectivity index (χ4v) is 2.20. The summed E-state index contributed by atoms with van der Waals surface area (Å²) in [5, 5.41) is 2.60. The summed E-state index contributed by atoms with van der Waals surface area (Å²) in [5.41, 5.74) is -0.00642. The second-order valence-corrected chi connectivity index (χ2v) is 5.45.